The lowest BCUT2D eigenvalue weighted by Crippen LogP contribution is -2.46. The Morgan fingerprint density at radius 2 is 2.33 bits per heavy atom. The number of nitrogens with zero attached hydrogens (tertiary/aromatic N) is 1. The lowest BCUT2D eigenvalue weighted by atomic mass is 9.98. The Hall–Kier alpha value is -1.26. The van der Waals surface area contributed by atoms with Gasteiger partial charge in [0.1, 0.15) is 5.75 Å². The van der Waals surface area contributed by atoms with Gasteiger partial charge in [0.2, 0.25) is 0 Å². The molecule has 0 aliphatic carbocycles. The summed E-state index contributed by atoms with van der Waals surface area (Å²) in [6, 6.07) is 7.11. The van der Waals surface area contributed by atoms with Crippen LogP contribution in [0.25, 0.3) is 0 Å². The Bertz CT molecular complexity index is 478. The van der Waals surface area contributed by atoms with Crippen molar-refractivity contribution in [1.29, 1.82) is 0 Å². The number of hydrogen-bond acceptors (Lipinski definition) is 3. The summed E-state index contributed by atoms with van der Waals surface area (Å²) >= 11 is 5.92. The van der Waals surface area contributed by atoms with Crippen molar-refractivity contribution in [2.45, 2.75) is 25.9 Å². The molecule has 0 saturated carbocycles. The Balaban J connectivity index is 1.92. The number of halogens is 1. The minimum atomic E-state index is -0.509. The zero-order valence-electron chi connectivity index (χ0n) is 12.5. The molecule has 1 aliphatic rings. The topological polar surface area (TPSA) is 38.8 Å². The average molecular weight is 312 g/mol. The Kier molecular flexibility index (Phi) is 5.88. The molecule has 0 radical (unpaired) electrons. The number of rotatable bonds is 5. The number of hydrogen-bond donors (Lipinski definition) is 0. The van der Waals surface area contributed by atoms with Crippen molar-refractivity contribution >= 4 is 17.5 Å². The lowest BCUT2D eigenvalue weighted by Gasteiger charge is -2.34. The highest BCUT2D eigenvalue weighted by atomic mass is 35.5. The number of piperidine rings is 1. The molecule has 1 saturated heterocycles. The fourth-order valence-electron chi connectivity index (χ4n) is 2.69. The Labute approximate surface area is 131 Å². The minimum absolute atomic E-state index is 0.0239. The summed E-state index contributed by atoms with van der Waals surface area (Å²) in [6.45, 7) is 4.02. The van der Waals surface area contributed by atoms with E-state index in [1.165, 1.54) is 0 Å². The molecule has 2 atom stereocenters. The molecule has 1 heterocycles. The van der Waals surface area contributed by atoms with Crippen LogP contribution in [0.15, 0.2) is 24.3 Å². The van der Waals surface area contributed by atoms with E-state index in [4.69, 9.17) is 21.1 Å². The van der Waals surface area contributed by atoms with Crippen LogP contribution in [0.2, 0.25) is 5.02 Å². The van der Waals surface area contributed by atoms with Gasteiger partial charge >= 0.3 is 0 Å². The molecule has 2 rings (SSSR count). The molecule has 5 heteroatoms. The molecule has 0 N–H and O–H groups in total. The quantitative estimate of drug-likeness (QED) is 0.839. The van der Waals surface area contributed by atoms with Crippen molar-refractivity contribution in [1.82, 2.24) is 4.90 Å². The number of methoxy groups -OCH3 is 1. The maximum absolute atomic E-state index is 12.5. The lowest BCUT2D eigenvalue weighted by molar-refractivity contribution is -0.140. The molecule has 1 aliphatic heterocycles. The van der Waals surface area contributed by atoms with Gasteiger partial charge in [0.05, 0.1) is 6.61 Å². The van der Waals surface area contributed by atoms with Crippen molar-refractivity contribution in [3.63, 3.8) is 0 Å². The Morgan fingerprint density at radius 1 is 1.52 bits per heavy atom. The van der Waals surface area contributed by atoms with Crippen LogP contribution in [0, 0.1) is 5.92 Å². The highest BCUT2D eigenvalue weighted by molar-refractivity contribution is 6.30. The summed E-state index contributed by atoms with van der Waals surface area (Å²) < 4.78 is 10.9. The van der Waals surface area contributed by atoms with Crippen molar-refractivity contribution in [3.05, 3.63) is 29.3 Å². The number of amides is 1. The van der Waals surface area contributed by atoms with Gasteiger partial charge in [-0.15, -0.1) is 0 Å². The van der Waals surface area contributed by atoms with Crippen molar-refractivity contribution in [2.75, 3.05) is 26.8 Å². The van der Waals surface area contributed by atoms with Gasteiger partial charge in [-0.1, -0.05) is 17.7 Å². The summed E-state index contributed by atoms with van der Waals surface area (Å²) in [7, 11) is 1.70. The van der Waals surface area contributed by atoms with E-state index >= 15 is 0 Å². The van der Waals surface area contributed by atoms with Crippen molar-refractivity contribution in [3.8, 4) is 5.75 Å². The first kappa shape index (κ1) is 16.1. The number of likely N-dealkylation sites (tertiary alicyclic amines) is 1. The Morgan fingerprint density at radius 3 is 3.05 bits per heavy atom. The second-order valence-electron chi connectivity index (χ2n) is 5.47. The van der Waals surface area contributed by atoms with Crippen LogP contribution in [-0.4, -0.2) is 43.7 Å². The maximum Gasteiger partial charge on any atom is 0.263 e. The van der Waals surface area contributed by atoms with E-state index in [9.17, 15) is 4.79 Å². The minimum Gasteiger partial charge on any atom is -0.481 e. The van der Waals surface area contributed by atoms with E-state index < -0.39 is 6.10 Å². The monoisotopic (exact) mass is 311 g/mol. The zero-order chi connectivity index (χ0) is 15.2. The zero-order valence-corrected chi connectivity index (χ0v) is 13.3. The average Bonchev–Trinajstić information content (AvgIpc) is 2.47. The highest BCUT2D eigenvalue weighted by Gasteiger charge is 2.27. The second-order valence-corrected chi connectivity index (χ2v) is 5.90. The van der Waals surface area contributed by atoms with Gasteiger partial charge in [0, 0.05) is 25.2 Å². The van der Waals surface area contributed by atoms with Gasteiger partial charge in [-0.2, -0.15) is 0 Å². The molecule has 116 valence electrons. The molecule has 4 nitrogen and oxygen atoms in total. The fourth-order valence-corrected chi connectivity index (χ4v) is 2.87. The fraction of sp³-hybridized carbons (Fsp3) is 0.562. The van der Waals surface area contributed by atoms with E-state index in [1.807, 2.05) is 11.0 Å². The third kappa shape index (κ3) is 4.61. The summed E-state index contributed by atoms with van der Waals surface area (Å²) in [6.07, 6.45) is 1.62. The smallest absolute Gasteiger partial charge is 0.263 e. The van der Waals surface area contributed by atoms with Crippen molar-refractivity contribution < 1.29 is 14.3 Å². The van der Waals surface area contributed by atoms with Gasteiger partial charge in [-0.05, 0) is 43.9 Å². The highest BCUT2D eigenvalue weighted by Crippen LogP contribution is 2.21. The van der Waals surface area contributed by atoms with Crippen LogP contribution in [0.3, 0.4) is 0 Å². The summed E-state index contributed by atoms with van der Waals surface area (Å²) in [5.74, 6) is 1.07. The third-order valence-electron chi connectivity index (χ3n) is 3.69. The van der Waals surface area contributed by atoms with E-state index in [-0.39, 0.29) is 5.91 Å². The summed E-state index contributed by atoms with van der Waals surface area (Å²) in [5, 5.41) is 0.602. The van der Waals surface area contributed by atoms with Gasteiger partial charge in [0.25, 0.3) is 5.91 Å². The van der Waals surface area contributed by atoms with Gasteiger partial charge in [-0.25, -0.2) is 0 Å². The van der Waals surface area contributed by atoms with Crippen LogP contribution in [0.1, 0.15) is 19.8 Å². The van der Waals surface area contributed by atoms with Crippen LogP contribution in [0.4, 0.5) is 0 Å². The first-order valence-electron chi connectivity index (χ1n) is 7.30. The standard InChI is InChI=1S/C16H22ClNO3/c1-12(21-15-7-3-6-14(17)9-15)16(19)18-8-4-5-13(10-18)11-20-2/h3,6-7,9,12-13H,4-5,8,10-11H2,1-2H3/t12-,13+/m0/s1. The molecule has 0 spiro atoms. The van der Waals surface area contributed by atoms with Crippen LogP contribution >= 0.6 is 11.6 Å². The van der Waals surface area contributed by atoms with E-state index in [0.717, 1.165) is 25.9 Å². The largest absolute Gasteiger partial charge is 0.481 e. The first-order chi connectivity index (χ1) is 10.1. The van der Waals surface area contributed by atoms with Crippen LogP contribution < -0.4 is 4.74 Å². The first-order valence-corrected chi connectivity index (χ1v) is 7.68. The molecular formula is C16H22ClNO3. The molecule has 0 unspecified atom stereocenters. The van der Waals surface area contributed by atoms with Gasteiger partial charge in [0.15, 0.2) is 6.10 Å². The molecule has 0 aromatic heterocycles. The number of benzene rings is 1. The molecule has 1 fully saturated rings. The number of ether oxygens (including phenoxy) is 2. The predicted octanol–water partition coefficient (Wildman–Crippen LogP) is 2.99. The SMILES string of the molecule is COC[C@@H]1CCCN(C(=O)[C@H](C)Oc2cccc(Cl)c2)C1. The van der Waals surface area contributed by atoms with Gasteiger partial charge in [-0.3, -0.25) is 4.79 Å². The summed E-state index contributed by atoms with van der Waals surface area (Å²) in [5.41, 5.74) is 0. The van der Waals surface area contributed by atoms with E-state index in [1.54, 1.807) is 32.2 Å². The molecule has 1 aromatic rings. The third-order valence-corrected chi connectivity index (χ3v) is 3.92. The van der Waals surface area contributed by atoms with E-state index in [0.29, 0.717) is 23.3 Å². The maximum atomic E-state index is 12.5. The van der Waals surface area contributed by atoms with Crippen LogP contribution in [-0.2, 0) is 9.53 Å². The normalized spacial score (nSPS) is 20.1. The van der Waals surface area contributed by atoms with Crippen molar-refractivity contribution in [2.24, 2.45) is 5.92 Å². The predicted molar refractivity (Wildman–Crippen MR) is 82.7 cm³/mol. The molecule has 1 amide bonds. The summed E-state index contributed by atoms with van der Waals surface area (Å²) in [4.78, 5) is 14.3. The molecule has 1 aromatic carbocycles. The van der Waals surface area contributed by atoms with E-state index in [2.05, 4.69) is 0 Å². The second kappa shape index (κ2) is 7.66. The van der Waals surface area contributed by atoms with Crippen LogP contribution in [0.5, 0.6) is 5.75 Å². The molecule has 0 bridgehead atoms. The van der Waals surface area contributed by atoms with Gasteiger partial charge < -0.3 is 14.4 Å². The number of carbonyl (C=O) groups is 1. The molecule has 21 heavy (non-hydrogen) atoms. The number of carbonyl (C=O) groups excluding carboxylic acids is 1. The molecular weight excluding hydrogens is 290 g/mol.